The molecule has 114 valence electrons. The summed E-state index contributed by atoms with van der Waals surface area (Å²) in [6.45, 7) is 5.05. The summed E-state index contributed by atoms with van der Waals surface area (Å²) in [6.07, 6.45) is 0. The number of nitrogens with one attached hydrogen (secondary N) is 1. The van der Waals surface area contributed by atoms with Crippen molar-refractivity contribution in [3.63, 3.8) is 0 Å². The van der Waals surface area contributed by atoms with E-state index in [-0.39, 0.29) is 0 Å². The minimum absolute atomic E-state index is 0.696. The van der Waals surface area contributed by atoms with Crippen LogP contribution in [-0.4, -0.2) is 32.1 Å². The zero-order chi connectivity index (χ0) is 15.1. The lowest BCUT2D eigenvalue weighted by Gasteiger charge is -2.14. The van der Waals surface area contributed by atoms with Crippen LogP contribution in [0.25, 0.3) is 0 Å². The Morgan fingerprint density at radius 2 is 1.90 bits per heavy atom. The molecule has 0 fully saturated rings. The molecule has 0 unspecified atom stereocenters. The first-order chi connectivity index (χ1) is 10.1. The third kappa shape index (κ3) is 5.25. The van der Waals surface area contributed by atoms with Crippen molar-refractivity contribution < 1.29 is 9.15 Å². The topological polar surface area (TPSA) is 37.6 Å². The van der Waals surface area contributed by atoms with E-state index in [4.69, 9.17) is 9.15 Å². The quantitative estimate of drug-likeness (QED) is 0.810. The highest BCUT2D eigenvalue weighted by Gasteiger charge is 2.04. The van der Waals surface area contributed by atoms with Gasteiger partial charge in [0.25, 0.3) is 0 Å². The van der Waals surface area contributed by atoms with Gasteiger partial charge in [-0.25, -0.2) is 0 Å². The lowest BCUT2D eigenvalue weighted by Crippen LogP contribution is -2.20. The van der Waals surface area contributed by atoms with Crippen molar-refractivity contribution in [2.45, 2.75) is 20.0 Å². The Balaban J connectivity index is 1.84. The standard InChI is InChI=1S/C17H24N2O2/c1-14-8-9-16(21-14)13-18-12-15-6-4-5-7-17(15)20-11-10-19(2)3/h4-9,18H,10-13H2,1-3H3. The van der Waals surface area contributed by atoms with E-state index >= 15 is 0 Å². The molecule has 1 heterocycles. The molecule has 1 aromatic heterocycles. The van der Waals surface area contributed by atoms with Crippen molar-refractivity contribution in [3.05, 3.63) is 53.5 Å². The molecule has 1 aromatic carbocycles. The summed E-state index contributed by atoms with van der Waals surface area (Å²) in [5.41, 5.74) is 1.17. The molecule has 0 spiro atoms. The lowest BCUT2D eigenvalue weighted by molar-refractivity contribution is 0.259. The Morgan fingerprint density at radius 1 is 1.10 bits per heavy atom. The second-order valence-electron chi connectivity index (χ2n) is 5.38. The van der Waals surface area contributed by atoms with Gasteiger partial charge in [0.1, 0.15) is 23.9 Å². The highest BCUT2D eigenvalue weighted by atomic mass is 16.5. The van der Waals surface area contributed by atoms with E-state index in [0.717, 1.165) is 36.9 Å². The minimum atomic E-state index is 0.696. The molecule has 4 nitrogen and oxygen atoms in total. The first-order valence-corrected chi connectivity index (χ1v) is 7.26. The van der Waals surface area contributed by atoms with Gasteiger partial charge in [-0.1, -0.05) is 18.2 Å². The van der Waals surface area contributed by atoms with Crippen molar-refractivity contribution in [3.8, 4) is 5.75 Å². The molecule has 0 amide bonds. The first kappa shape index (κ1) is 15.6. The third-order valence-electron chi connectivity index (χ3n) is 3.18. The Morgan fingerprint density at radius 3 is 2.62 bits per heavy atom. The maximum absolute atomic E-state index is 5.85. The average molecular weight is 288 g/mol. The summed E-state index contributed by atoms with van der Waals surface area (Å²) in [5.74, 6) is 2.85. The predicted molar refractivity (Wildman–Crippen MR) is 84.5 cm³/mol. The first-order valence-electron chi connectivity index (χ1n) is 7.26. The molecule has 4 heteroatoms. The molecule has 0 saturated heterocycles. The van der Waals surface area contributed by atoms with Gasteiger partial charge in [-0.3, -0.25) is 0 Å². The molecule has 1 N–H and O–H groups in total. The Kier molecular flexibility index (Phi) is 5.84. The second-order valence-corrected chi connectivity index (χ2v) is 5.38. The van der Waals surface area contributed by atoms with Crippen molar-refractivity contribution in [1.29, 1.82) is 0 Å². The number of ether oxygens (including phenoxy) is 1. The van der Waals surface area contributed by atoms with Gasteiger partial charge in [0.15, 0.2) is 0 Å². The molecule has 2 rings (SSSR count). The summed E-state index contributed by atoms with van der Waals surface area (Å²) < 4.78 is 11.4. The highest BCUT2D eigenvalue weighted by Crippen LogP contribution is 2.18. The van der Waals surface area contributed by atoms with Crippen LogP contribution in [0.2, 0.25) is 0 Å². The maximum atomic E-state index is 5.85. The molecule has 0 aliphatic rings. The molecule has 0 radical (unpaired) electrons. The summed E-state index contributed by atoms with van der Waals surface area (Å²) in [7, 11) is 4.09. The Labute approximate surface area is 126 Å². The normalized spacial score (nSPS) is 11.0. The van der Waals surface area contributed by atoms with Gasteiger partial charge < -0.3 is 19.4 Å². The number of hydrogen-bond acceptors (Lipinski definition) is 4. The lowest BCUT2D eigenvalue weighted by atomic mass is 10.2. The van der Waals surface area contributed by atoms with Crippen LogP contribution < -0.4 is 10.1 Å². The van der Waals surface area contributed by atoms with E-state index in [1.165, 1.54) is 5.56 Å². The fourth-order valence-electron chi connectivity index (χ4n) is 2.03. The third-order valence-corrected chi connectivity index (χ3v) is 3.18. The molecule has 21 heavy (non-hydrogen) atoms. The summed E-state index contributed by atoms with van der Waals surface area (Å²) in [4.78, 5) is 2.11. The summed E-state index contributed by atoms with van der Waals surface area (Å²) in [6, 6.07) is 12.1. The van der Waals surface area contributed by atoms with Gasteiger partial charge >= 0.3 is 0 Å². The van der Waals surface area contributed by atoms with Crippen molar-refractivity contribution in [2.75, 3.05) is 27.2 Å². The van der Waals surface area contributed by atoms with Crippen LogP contribution in [0.3, 0.4) is 0 Å². The predicted octanol–water partition coefficient (Wildman–Crippen LogP) is 2.82. The van der Waals surface area contributed by atoms with Crippen molar-refractivity contribution in [2.24, 2.45) is 0 Å². The van der Waals surface area contributed by atoms with Crippen LogP contribution >= 0.6 is 0 Å². The fraction of sp³-hybridized carbons (Fsp3) is 0.412. The maximum Gasteiger partial charge on any atom is 0.123 e. The Bertz CT molecular complexity index is 549. The average Bonchev–Trinajstić information content (AvgIpc) is 2.86. The minimum Gasteiger partial charge on any atom is -0.492 e. The molecule has 0 atom stereocenters. The molecule has 0 aliphatic carbocycles. The zero-order valence-corrected chi connectivity index (χ0v) is 13.1. The van der Waals surface area contributed by atoms with Gasteiger partial charge in [-0.05, 0) is 39.2 Å². The summed E-state index contributed by atoms with van der Waals surface area (Å²) in [5, 5.41) is 3.39. The molecule has 0 aliphatic heterocycles. The second kappa shape index (κ2) is 7.86. The van der Waals surface area contributed by atoms with Crippen LogP contribution in [0.4, 0.5) is 0 Å². The number of nitrogens with zero attached hydrogens (tertiary/aromatic N) is 1. The zero-order valence-electron chi connectivity index (χ0n) is 13.1. The molecular weight excluding hydrogens is 264 g/mol. The Hall–Kier alpha value is -1.78. The number of likely N-dealkylation sites (N-methyl/N-ethyl adjacent to an activating group) is 1. The number of furan rings is 1. The number of rotatable bonds is 8. The number of hydrogen-bond donors (Lipinski definition) is 1. The van der Waals surface area contributed by atoms with Crippen molar-refractivity contribution >= 4 is 0 Å². The van der Waals surface area contributed by atoms with E-state index < -0.39 is 0 Å². The molecular formula is C17H24N2O2. The fourth-order valence-corrected chi connectivity index (χ4v) is 2.03. The van der Waals surface area contributed by atoms with Crippen LogP contribution in [0, 0.1) is 6.92 Å². The van der Waals surface area contributed by atoms with Gasteiger partial charge in [0, 0.05) is 18.7 Å². The van der Waals surface area contributed by atoms with E-state index in [2.05, 4.69) is 16.3 Å². The molecule has 0 bridgehead atoms. The van der Waals surface area contributed by atoms with E-state index in [0.29, 0.717) is 6.61 Å². The number of para-hydroxylation sites is 1. The van der Waals surface area contributed by atoms with E-state index in [1.54, 1.807) is 0 Å². The SMILES string of the molecule is Cc1ccc(CNCc2ccccc2OCCN(C)C)o1. The number of benzene rings is 1. The van der Waals surface area contributed by atoms with Gasteiger partial charge in [0.2, 0.25) is 0 Å². The highest BCUT2D eigenvalue weighted by molar-refractivity contribution is 5.33. The van der Waals surface area contributed by atoms with Crippen molar-refractivity contribution in [1.82, 2.24) is 10.2 Å². The largest absolute Gasteiger partial charge is 0.492 e. The van der Waals surface area contributed by atoms with E-state index in [9.17, 15) is 0 Å². The monoisotopic (exact) mass is 288 g/mol. The van der Waals surface area contributed by atoms with Gasteiger partial charge in [0.05, 0.1) is 6.54 Å². The smallest absolute Gasteiger partial charge is 0.123 e. The van der Waals surface area contributed by atoms with Crippen LogP contribution in [0.5, 0.6) is 5.75 Å². The van der Waals surface area contributed by atoms with Crippen LogP contribution in [0.15, 0.2) is 40.8 Å². The number of aryl methyl sites for hydroxylation is 1. The van der Waals surface area contributed by atoms with Crippen LogP contribution in [-0.2, 0) is 13.1 Å². The van der Waals surface area contributed by atoms with Gasteiger partial charge in [-0.2, -0.15) is 0 Å². The molecule has 2 aromatic rings. The van der Waals surface area contributed by atoms with E-state index in [1.807, 2.05) is 51.4 Å². The molecule has 0 saturated carbocycles. The summed E-state index contributed by atoms with van der Waals surface area (Å²) >= 11 is 0. The van der Waals surface area contributed by atoms with Crippen LogP contribution in [0.1, 0.15) is 17.1 Å². The van der Waals surface area contributed by atoms with Gasteiger partial charge in [-0.15, -0.1) is 0 Å².